The van der Waals surface area contributed by atoms with Crippen LogP contribution in [0.25, 0.3) is 0 Å². The number of rotatable bonds is 8. The Bertz CT molecular complexity index is 939. The molecule has 1 saturated carbocycles. The molecule has 3 rings (SSSR count). The van der Waals surface area contributed by atoms with Gasteiger partial charge in [0, 0.05) is 11.7 Å². The van der Waals surface area contributed by atoms with Crippen molar-refractivity contribution in [1.29, 1.82) is 0 Å². The van der Waals surface area contributed by atoms with Gasteiger partial charge in [0.2, 0.25) is 0 Å². The topological polar surface area (TPSA) is 118 Å². The van der Waals surface area contributed by atoms with E-state index in [1.807, 2.05) is 0 Å². The molecule has 156 valence electrons. The van der Waals surface area contributed by atoms with Crippen LogP contribution in [0, 0.1) is 0 Å². The van der Waals surface area contributed by atoms with Crippen LogP contribution in [0.5, 0.6) is 11.5 Å². The summed E-state index contributed by atoms with van der Waals surface area (Å²) in [6.07, 6.45) is 3.17. The van der Waals surface area contributed by atoms with E-state index in [2.05, 4.69) is 21.2 Å². The number of nitrogens with one attached hydrogen (secondary N) is 3. The van der Waals surface area contributed by atoms with Gasteiger partial charge in [-0.3, -0.25) is 14.4 Å². The normalized spacial score (nSPS) is 12.8. The minimum atomic E-state index is -0.819. The monoisotopic (exact) mass is 410 g/mol. The first kappa shape index (κ1) is 20.8. The fraction of sp³-hybridized carbons (Fsp3) is 0.238. The molecule has 0 radical (unpaired) electrons. The summed E-state index contributed by atoms with van der Waals surface area (Å²) in [5, 5.41) is 9.06. The lowest BCUT2D eigenvalue weighted by Gasteiger charge is -2.08. The Balaban J connectivity index is 1.45. The van der Waals surface area contributed by atoms with Crippen LogP contribution in [0.3, 0.4) is 0 Å². The van der Waals surface area contributed by atoms with Crippen molar-refractivity contribution in [3.63, 3.8) is 0 Å². The van der Waals surface area contributed by atoms with Gasteiger partial charge in [0.1, 0.15) is 11.5 Å². The Hall–Kier alpha value is -3.88. The van der Waals surface area contributed by atoms with Crippen molar-refractivity contribution in [2.45, 2.75) is 18.9 Å². The molecule has 1 aliphatic carbocycles. The van der Waals surface area contributed by atoms with Gasteiger partial charge < -0.3 is 20.1 Å². The summed E-state index contributed by atoms with van der Waals surface area (Å²) in [6, 6.07) is 13.9. The van der Waals surface area contributed by atoms with Gasteiger partial charge in [0.25, 0.3) is 5.91 Å². The van der Waals surface area contributed by atoms with E-state index in [1.54, 1.807) is 55.6 Å². The molecule has 0 atom stereocenters. The van der Waals surface area contributed by atoms with E-state index in [0.29, 0.717) is 22.7 Å². The predicted molar refractivity (Wildman–Crippen MR) is 110 cm³/mol. The maximum absolute atomic E-state index is 12.0. The van der Waals surface area contributed by atoms with Gasteiger partial charge in [-0.1, -0.05) is 12.1 Å². The smallest absolute Gasteiger partial charge is 0.329 e. The lowest BCUT2D eigenvalue weighted by Crippen LogP contribution is -2.38. The molecule has 0 spiro atoms. The van der Waals surface area contributed by atoms with Gasteiger partial charge in [0.05, 0.1) is 13.3 Å². The first-order valence-corrected chi connectivity index (χ1v) is 9.34. The highest BCUT2D eigenvalue weighted by Gasteiger charge is 2.26. The van der Waals surface area contributed by atoms with Crippen LogP contribution in [-0.4, -0.2) is 43.7 Å². The number of amides is 3. The third kappa shape index (κ3) is 6.62. The maximum atomic E-state index is 12.0. The summed E-state index contributed by atoms with van der Waals surface area (Å²) in [5.74, 6) is -0.673. The third-order valence-corrected chi connectivity index (χ3v) is 4.10. The minimum absolute atomic E-state index is 0.1000. The van der Waals surface area contributed by atoms with Crippen LogP contribution in [-0.2, 0) is 14.4 Å². The summed E-state index contributed by atoms with van der Waals surface area (Å²) >= 11 is 0. The van der Waals surface area contributed by atoms with Crippen molar-refractivity contribution in [2.75, 3.05) is 19.0 Å². The van der Waals surface area contributed by atoms with E-state index in [0.717, 1.165) is 12.8 Å². The largest absolute Gasteiger partial charge is 0.497 e. The second-order valence-corrected chi connectivity index (χ2v) is 6.58. The summed E-state index contributed by atoms with van der Waals surface area (Å²) in [4.78, 5) is 35.2. The number of carbonyl (C=O) groups excluding carboxylic acids is 3. The van der Waals surface area contributed by atoms with E-state index in [-0.39, 0.29) is 18.6 Å². The number of benzene rings is 2. The Morgan fingerprint density at radius 1 is 1.07 bits per heavy atom. The summed E-state index contributed by atoms with van der Waals surface area (Å²) in [5.41, 5.74) is 3.44. The zero-order valence-electron chi connectivity index (χ0n) is 16.4. The Labute approximate surface area is 173 Å². The molecule has 0 bridgehead atoms. The molecule has 2 aromatic rings. The Morgan fingerprint density at radius 2 is 1.83 bits per heavy atom. The number of hydrogen-bond acceptors (Lipinski definition) is 6. The van der Waals surface area contributed by atoms with Gasteiger partial charge in [-0.2, -0.15) is 5.10 Å². The molecule has 9 nitrogen and oxygen atoms in total. The fourth-order valence-electron chi connectivity index (χ4n) is 2.40. The molecule has 1 fully saturated rings. The molecule has 30 heavy (non-hydrogen) atoms. The standard InChI is InChI=1S/C21H22N4O5/c1-29-17-9-7-15(8-10-17)23-19(26)13-30-18-4-2-3-14(11-18)12-22-25-21(28)20(27)24-16-5-6-16/h2-4,7-12,16H,5-6,13H2,1H3,(H,23,26)(H,24,27)(H,25,28)/b22-12-. The first-order chi connectivity index (χ1) is 14.5. The van der Waals surface area contributed by atoms with Gasteiger partial charge >= 0.3 is 11.8 Å². The van der Waals surface area contributed by atoms with Crippen LogP contribution in [0.1, 0.15) is 18.4 Å². The van der Waals surface area contributed by atoms with Crippen molar-refractivity contribution >= 4 is 29.6 Å². The third-order valence-electron chi connectivity index (χ3n) is 4.10. The number of methoxy groups -OCH3 is 1. The van der Waals surface area contributed by atoms with Crippen LogP contribution in [0.4, 0.5) is 5.69 Å². The molecule has 1 aliphatic rings. The van der Waals surface area contributed by atoms with Crippen molar-refractivity contribution in [3.05, 3.63) is 54.1 Å². The minimum Gasteiger partial charge on any atom is -0.497 e. The van der Waals surface area contributed by atoms with Gasteiger partial charge in [-0.25, -0.2) is 5.43 Å². The van der Waals surface area contributed by atoms with E-state index < -0.39 is 11.8 Å². The highest BCUT2D eigenvalue weighted by atomic mass is 16.5. The molecule has 3 amide bonds. The number of hydrogen-bond donors (Lipinski definition) is 3. The zero-order valence-corrected chi connectivity index (χ0v) is 16.4. The lowest BCUT2D eigenvalue weighted by molar-refractivity contribution is -0.139. The number of anilines is 1. The van der Waals surface area contributed by atoms with Gasteiger partial charge in [-0.05, 0) is 54.8 Å². The molecular weight excluding hydrogens is 388 g/mol. The molecule has 2 aromatic carbocycles. The van der Waals surface area contributed by atoms with Crippen molar-refractivity contribution < 1.29 is 23.9 Å². The van der Waals surface area contributed by atoms with E-state index in [4.69, 9.17) is 9.47 Å². The first-order valence-electron chi connectivity index (χ1n) is 9.34. The molecule has 3 N–H and O–H groups in total. The quantitative estimate of drug-likeness (QED) is 0.346. The van der Waals surface area contributed by atoms with Crippen LogP contribution >= 0.6 is 0 Å². The summed E-state index contributed by atoms with van der Waals surface area (Å²) < 4.78 is 10.6. The second-order valence-electron chi connectivity index (χ2n) is 6.58. The van der Waals surface area contributed by atoms with Gasteiger partial charge in [0.15, 0.2) is 6.61 Å². The van der Waals surface area contributed by atoms with Crippen LogP contribution in [0.15, 0.2) is 53.6 Å². The van der Waals surface area contributed by atoms with Crippen LogP contribution in [0.2, 0.25) is 0 Å². The van der Waals surface area contributed by atoms with Crippen molar-refractivity contribution in [1.82, 2.24) is 10.7 Å². The average Bonchev–Trinajstić information content (AvgIpc) is 3.57. The zero-order chi connectivity index (χ0) is 21.3. The number of hydrazone groups is 1. The number of carbonyl (C=O) groups is 3. The van der Waals surface area contributed by atoms with E-state index >= 15 is 0 Å². The summed E-state index contributed by atoms with van der Waals surface area (Å²) in [6.45, 7) is -0.176. The molecule has 9 heteroatoms. The van der Waals surface area contributed by atoms with Gasteiger partial charge in [-0.15, -0.1) is 0 Å². The van der Waals surface area contributed by atoms with Crippen molar-refractivity contribution in [2.24, 2.45) is 5.10 Å². The fourth-order valence-corrected chi connectivity index (χ4v) is 2.40. The van der Waals surface area contributed by atoms with E-state index in [1.165, 1.54) is 6.21 Å². The Morgan fingerprint density at radius 3 is 2.53 bits per heavy atom. The summed E-state index contributed by atoms with van der Waals surface area (Å²) in [7, 11) is 1.57. The van der Waals surface area contributed by atoms with Crippen molar-refractivity contribution in [3.8, 4) is 11.5 Å². The lowest BCUT2D eigenvalue weighted by atomic mass is 10.2. The highest BCUT2D eigenvalue weighted by molar-refractivity contribution is 6.35. The molecule has 0 aromatic heterocycles. The Kier molecular flexibility index (Phi) is 6.99. The maximum Gasteiger partial charge on any atom is 0.329 e. The van der Waals surface area contributed by atoms with E-state index in [9.17, 15) is 14.4 Å². The SMILES string of the molecule is COc1ccc(NC(=O)COc2cccc(/C=N\NC(=O)C(=O)NC3CC3)c2)cc1. The number of ether oxygens (including phenoxy) is 2. The predicted octanol–water partition coefficient (Wildman–Crippen LogP) is 1.44. The second kappa shape index (κ2) is 10.1. The molecule has 0 unspecified atom stereocenters. The molecular formula is C21H22N4O5. The van der Waals surface area contributed by atoms with Crippen LogP contribution < -0.4 is 25.5 Å². The number of nitrogens with zero attached hydrogens (tertiary/aromatic N) is 1. The molecule has 0 heterocycles. The average molecular weight is 410 g/mol. The molecule has 0 saturated heterocycles. The molecule has 0 aliphatic heterocycles. The highest BCUT2D eigenvalue weighted by Crippen LogP contribution is 2.18.